The molecule has 0 aliphatic carbocycles. The van der Waals surface area contributed by atoms with Crippen LogP contribution in [0, 0.1) is 6.92 Å². The minimum absolute atomic E-state index is 0.0415. The van der Waals surface area contributed by atoms with Gasteiger partial charge in [-0.05, 0) is 50.5 Å². The predicted octanol–water partition coefficient (Wildman–Crippen LogP) is 4.49. The van der Waals surface area contributed by atoms with Gasteiger partial charge in [0.1, 0.15) is 15.5 Å². The molecule has 3 N–H and O–H groups in total. The molecule has 0 aliphatic heterocycles. The molecular weight excluding hydrogens is 350 g/mol. The van der Waals surface area contributed by atoms with Crippen molar-refractivity contribution < 1.29 is 9.32 Å². The molecule has 2 unspecified atom stereocenters. The summed E-state index contributed by atoms with van der Waals surface area (Å²) in [6, 6.07) is 3.45. The molecule has 2 atom stereocenters. The second-order valence-electron chi connectivity index (χ2n) is 8.63. The van der Waals surface area contributed by atoms with Gasteiger partial charge in [0.2, 0.25) is 0 Å². The number of hydrogen-bond acceptors (Lipinski definition) is 4. The molecule has 0 radical (unpaired) electrons. The Kier molecular flexibility index (Phi) is 6.65. The molecule has 0 aromatic carbocycles. The molecule has 1 aromatic heterocycles. The third-order valence-corrected chi connectivity index (χ3v) is 12.8. The summed E-state index contributed by atoms with van der Waals surface area (Å²) < 4.78 is 17.8. The van der Waals surface area contributed by atoms with Gasteiger partial charge in [-0.3, -0.25) is 9.01 Å². The maximum atomic E-state index is 13.1. The topological polar surface area (TPSA) is 88.6 Å². The summed E-state index contributed by atoms with van der Waals surface area (Å²) in [7, 11) is -5.18. The van der Waals surface area contributed by atoms with Crippen LogP contribution in [0.1, 0.15) is 65.3 Å². The molecule has 0 aliphatic rings. The van der Waals surface area contributed by atoms with Crippen LogP contribution in [0.5, 0.6) is 0 Å². The van der Waals surface area contributed by atoms with Crippen LogP contribution in [0.3, 0.4) is 0 Å². The highest BCUT2D eigenvalue weighted by molar-refractivity contribution is 7.92. The minimum Gasteiger partial charge on any atom is -0.384 e. The lowest BCUT2D eigenvalue weighted by atomic mass is 9.94. The number of pyridine rings is 1. The Hall–Kier alpha value is -0.763. The van der Waals surface area contributed by atoms with Crippen molar-refractivity contribution in [1.82, 2.24) is 4.98 Å². The first kappa shape index (κ1) is 22.3. The Bertz CT molecular complexity index is 730. The lowest BCUT2D eigenvalue weighted by molar-refractivity contribution is 0.0406. The van der Waals surface area contributed by atoms with E-state index in [2.05, 4.69) is 49.8 Å². The molecule has 1 heterocycles. The van der Waals surface area contributed by atoms with Crippen molar-refractivity contribution in [3.05, 3.63) is 23.5 Å². The Balaban J connectivity index is 3.35. The number of aromatic nitrogens is 1. The van der Waals surface area contributed by atoms with Crippen LogP contribution in [0.2, 0.25) is 18.1 Å². The highest BCUT2D eigenvalue weighted by Gasteiger charge is 2.37. The summed E-state index contributed by atoms with van der Waals surface area (Å²) in [6.07, 6.45) is 2.57. The van der Waals surface area contributed by atoms with Gasteiger partial charge in [0.25, 0.3) is 0 Å². The zero-order valence-electron chi connectivity index (χ0n) is 17.0. The summed E-state index contributed by atoms with van der Waals surface area (Å²) in [5.41, 5.74) is 0.166. The first-order valence-electron chi connectivity index (χ1n) is 8.90. The summed E-state index contributed by atoms with van der Waals surface area (Å²) in [5.74, 6) is 0. The van der Waals surface area contributed by atoms with Crippen LogP contribution in [-0.2, 0) is 15.5 Å². The number of nitrogens with zero attached hydrogens (tertiary/aromatic N) is 2. The van der Waals surface area contributed by atoms with Crippen molar-refractivity contribution in [2.45, 2.75) is 89.4 Å². The summed E-state index contributed by atoms with van der Waals surface area (Å²) in [4.78, 5) is 4.97. The van der Waals surface area contributed by atoms with Gasteiger partial charge in [-0.25, -0.2) is 9.35 Å². The van der Waals surface area contributed by atoms with E-state index in [-0.39, 0.29) is 5.04 Å². The highest BCUT2D eigenvalue weighted by Crippen LogP contribution is 2.38. The van der Waals surface area contributed by atoms with Crippen molar-refractivity contribution in [2.75, 3.05) is 0 Å². The molecular formula is C18H35N3O2SSi. The Morgan fingerprint density at radius 3 is 2.28 bits per heavy atom. The number of rotatable bonds is 6. The third-order valence-electron chi connectivity index (χ3n) is 5.12. The first-order valence-corrected chi connectivity index (χ1v) is 13.4. The number of hydrogen-bond donors (Lipinski definition) is 2. The second-order valence-corrected chi connectivity index (χ2v) is 15.6. The fraction of sp³-hybridized carbons (Fsp3) is 0.722. The van der Waals surface area contributed by atoms with Gasteiger partial charge < -0.3 is 5.11 Å². The van der Waals surface area contributed by atoms with Gasteiger partial charge in [0.05, 0.1) is 16.3 Å². The molecule has 0 fully saturated rings. The Morgan fingerprint density at radius 2 is 1.84 bits per heavy atom. The van der Waals surface area contributed by atoms with Gasteiger partial charge in [0.15, 0.2) is 8.24 Å². The van der Waals surface area contributed by atoms with Crippen LogP contribution in [-0.4, -0.2) is 22.5 Å². The fourth-order valence-electron chi connectivity index (χ4n) is 2.33. The van der Waals surface area contributed by atoms with Crippen LogP contribution in [0.4, 0.5) is 0 Å². The largest absolute Gasteiger partial charge is 0.384 e. The average molecular weight is 386 g/mol. The number of aliphatic hydroxyl groups is 1. The molecule has 5 nitrogen and oxygen atoms in total. The summed E-state index contributed by atoms with van der Waals surface area (Å²) in [6.45, 7) is 16.1. The number of nitrogens with two attached hydrogens (primary N) is 1. The van der Waals surface area contributed by atoms with Gasteiger partial charge in [-0.2, -0.15) is 0 Å². The van der Waals surface area contributed by atoms with E-state index in [1.54, 1.807) is 26.0 Å². The molecule has 0 amide bonds. The van der Waals surface area contributed by atoms with Crippen molar-refractivity contribution >= 4 is 18.2 Å². The molecule has 144 valence electrons. The first-order chi connectivity index (χ1) is 11.1. The summed E-state index contributed by atoms with van der Waals surface area (Å²) in [5, 5.41) is 16.8. The molecule has 0 spiro atoms. The van der Waals surface area contributed by atoms with Crippen molar-refractivity contribution in [3.8, 4) is 0 Å². The van der Waals surface area contributed by atoms with Gasteiger partial charge in [-0.15, -0.1) is 0 Å². The quantitative estimate of drug-likeness (QED) is 0.707. The smallest absolute Gasteiger partial charge is 0.195 e. The van der Waals surface area contributed by atoms with Gasteiger partial charge in [0, 0.05) is 0 Å². The number of aryl methyl sites for hydroxylation is 1. The highest BCUT2D eigenvalue weighted by atomic mass is 32.2. The minimum atomic E-state index is -3.02. The maximum Gasteiger partial charge on any atom is 0.195 e. The van der Waals surface area contributed by atoms with E-state index in [4.69, 9.17) is 5.14 Å². The van der Waals surface area contributed by atoms with Crippen LogP contribution in [0.15, 0.2) is 21.1 Å². The van der Waals surface area contributed by atoms with E-state index >= 15 is 0 Å². The van der Waals surface area contributed by atoms with Crippen molar-refractivity contribution in [1.29, 1.82) is 0 Å². The monoisotopic (exact) mass is 385 g/mol. The number of unbranched alkanes of at least 4 members (excludes halogenated alkanes) is 1. The Labute approximate surface area is 154 Å². The third kappa shape index (κ3) is 5.36. The summed E-state index contributed by atoms with van der Waals surface area (Å²) >= 11 is 0. The van der Waals surface area contributed by atoms with E-state index in [0.717, 1.165) is 12.8 Å². The van der Waals surface area contributed by atoms with E-state index in [9.17, 15) is 9.32 Å². The molecule has 25 heavy (non-hydrogen) atoms. The fourth-order valence-corrected chi connectivity index (χ4v) is 7.26. The molecule has 1 rings (SSSR count). The lowest BCUT2D eigenvalue weighted by Crippen LogP contribution is -2.37. The zero-order valence-corrected chi connectivity index (χ0v) is 18.8. The van der Waals surface area contributed by atoms with Crippen LogP contribution < -0.4 is 5.14 Å². The van der Waals surface area contributed by atoms with Crippen molar-refractivity contribution in [3.63, 3.8) is 0 Å². The van der Waals surface area contributed by atoms with Gasteiger partial charge >= 0.3 is 0 Å². The normalized spacial score (nSPS) is 17.7. The Morgan fingerprint density at radius 1 is 1.28 bits per heavy atom. The van der Waals surface area contributed by atoms with E-state index in [0.29, 0.717) is 22.7 Å². The SMILES string of the molecule is CCCCC(C)(O)c1ccc(S(N)(=O)=N[Si](C)(C)C(C)(C)C)c(C)n1. The van der Waals surface area contributed by atoms with E-state index < -0.39 is 23.8 Å². The van der Waals surface area contributed by atoms with E-state index in [1.165, 1.54) is 0 Å². The second kappa shape index (κ2) is 7.46. The molecule has 0 saturated carbocycles. The standard InChI is InChI=1S/C18H35N3O2SSi/c1-9-10-13-18(6,22)16-12-11-15(14(2)20-16)24(19,23)21-25(7,8)17(3,4)5/h11-12,22H,9-10,13H2,1-8H3,(H2,19,21,23). The molecule has 0 saturated heterocycles. The maximum absolute atomic E-state index is 13.1. The van der Waals surface area contributed by atoms with Crippen LogP contribution in [0.25, 0.3) is 0 Å². The van der Waals surface area contributed by atoms with Crippen molar-refractivity contribution in [2.24, 2.45) is 9.17 Å². The molecule has 0 bridgehead atoms. The lowest BCUT2D eigenvalue weighted by Gasteiger charge is -2.33. The molecule has 7 heteroatoms. The van der Waals surface area contributed by atoms with Gasteiger partial charge in [-0.1, -0.05) is 40.5 Å². The molecule has 1 aromatic rings. The average Bonchev–Trinajstić information content (AvgIpc) is 2.42. The predicted molar refractivity (Wildman–Crippen MR) is 108 cm³/mol. The van der Waals surface area contributed by atoms with E-state index in [1.807, 2.05) is 0 Å². The van der Waals surface area contributed by atoms with Crippen LogP contribution >= 0.6 is 0 Å². The zero-order chi connectivity index (χ0) is 19.7.